The quantitative estimate of drug-likeness (QED) is 0.579. The van der Waals surface area contributed by atoms with E-state index in [0.717, 1.165) is 25.7 Å². The van der Waals surface area contributed by atoms with Gasteiger partial charge in [0.25, 0.3) is 0 Å². The summed E-state index contributed by atoms with van der Waals surface area (Å²) in [6.07, 6.45) is 3.27. The summed E-state index contributed by atoms with van der Waals surface area (Å²) in [4.78, 5) is 22.9. The number of aliphatic hydroxyl groups is 1. The number of primary amides is 1. The predicted octanol–water partition coefficient (Wildman–Crippen LogP) is 0.347. The topological polar surface area (TPSA) is 104 Å². The van der Waals surface area contributed by atoms with Crippen LogP contribution in [-0.4, -0.2) is 35.7 Å². The van der Waals surface area contributed by atoms with E-state index in [1.165, 1.54) is 0 Å². The number of carbonyl (C=O) groups is 2. The van der Waals surface area contributed by atoms with E-state index in [2.05, 4.69) is 10.6 Å². The summed E-state index contributed by atoms with van der Waals surface area (Å²) in [6.45, 7) is 4.31. The molecule has 1 aliphatic rings. The Labute approximate surface area is 114 Å². The number of aliphatic hydroxyl groups excluding tert-OH is 1. The molecule has 0 aromatic carbocycles. The lowest BCUT2D eigenvalue weighted by molar-refractivity contribution is -0.124. The Morgan fingerprint density at radius 3 is 2.32 bits per heavy atom. The lowest BCUT2D eigenvalue weighted by atomic mass is 9.87. The Morgan fingerprint density at radius 1 is 1.26 bits per heavy atom. The molecule has 1 atom stereocenters. The van der Waals surface area contributed by atoms with Crippen LogP contribution in [0.2, 0.25) is 0 Å². The number of rotatable bonds is 5. The number of urea groups is 1. The van der Waals surface area contributed by atoms with Crippen molar-refractivity contribution in [3.63, 3.8) is 0 Å². The maximum absolute atomic E-state index is 12.0. The Kier molecular flexibility index (Phi) is 6.08. The van der Waals surface area contributed by atoms with Gasteiger partial charge in [-0.15, -0.1) is 0 Å². The zero-order valence-corrected chi connectivity index (χ0v) is 11.7. The average Bonchev–Trinajstić information content (AvgIpc) is 2.34. The van der Waals surface area contributed by atoms with Crippen molar-refractivity contribution < 1.29 is 14.7 Å². The highest BCUT2D eigenvalue weighted by Crippen LogP contribution is 2.23. The standard InChI is InChI=1S/C13H25N3O3/c1-8(2)11(16-13(14)19)12(18)15-7-9-3-5-10(17)6-4-9/h8-11,17H,3-7H2,1-2H3,(H,15,18)(H3,14,16,19). The minimum atomic E-state index is -0.686. The normalized spacial score (nSPS) is 24.8. The number of hydrogen-bond donors (Lipinski definition) is 4. The molecule has 19 heavy (non-hydrogen) atoms. The minimum absolute atomic E-state index is 0.0133. The van der Waals surface area contributed by atoms with Gasteiger partial charge in [-0.2, -0.15) is 0 Å². The summed E-state index contributed by atoms with van der Waals surface area (Å²) in [5.74, 6) is 0.203. The predicted molar refractivity (Wildman–Crippen MR) is 72.3 cm³/mol. The summed E-state index contributed by atoms with van der Waals surface area (Å²) in [5, 5.41) is 14.7. The summed E-state index contributed by atoms with van der Waals surface area (Å²) in [6, 6.07) is -1.28. The van der Waals surface area contributed by atoms with Crippen molar-refractivity contribution in [2.75, 3.05) is 6.54 Å². The molecule has 0 aromatic rings. The van der Waals surface area contributed by atoms with E-state index in [1.54, 1.807) is 0 Å². The van der Waals surface area contributed by atoms with Gasteiger partial charge in [-0.3, -0.25) is 4.79 Å². The smallest absolute Gasteiger partial charge is 0.312 e. The largest absolute Gasteiger partial charge is 0.393 e. The molecule has 1 rings (SSSR count). The van der Waals surface area contributed by atoms with Crippen LogP contribution < -0.4 is 16.4 Å². The van der Waals surface area contributed by atoms with Gasteiger partial charge in [-0.1, -0.05) is 13.8 Å². The molecule has 0 aromatic heterocycles. The second-order valence-corrected chi connectivity index (χ2v) is 5.65. The molecule has 0 saturated heterocycles. The molecule has 5 N–H and O–H groups in total. The van der Waals surface area contributed by atoms with Crippen LogP contribution in [0.5, 0.6) is 0 Å². The first kappa shape index (κ1) is 15.8. The molecule has 0 radical (unpaired) electrons. The van der Waals surface area contributed by atoms with E-state index in [1.807, 2.05) is 13.8 Å². The van der Waals surface area contributed by atoms with E-state index in [-0.39, 0.29) is 17.9 Å². The molecule has 1 saturated carbocycles. The van der Waals surface area contributed by atoms with Crippen LogP contribution in [0.4, 0.5) is 4.79 Å². The molecular weight excluding hydrogens is 246 g/mol. The van der Waals surface area contributed by atoms with Crippen LogP contribution in [0.3, 0.4) is 0 Å². The van der Waals surface area contributed by atoms with Crippen molar-refractivity contribution in [3.05, 3.63) is 0 Å². The molecule has 0 aliphatic heterocycles. The Hall–Kier alpha value is -1.30. The minimum Gasteiger partial charge on any atom is -0.393 e. The third kappa shape index (κ3) is 5.46. The summed E-state index contributed by atoms with van der Waals surface area (Å²) in [7, 11) is 0. The van der Waals surface area contributed by atoms with Gasteiger partial charge in [0, 0.05) is 6.54 Å². The Bertz CT molecular complexity index is 312. The SMILES string of the molecule is CC(C)C(NC(N)=O)C(=O)NCC1CCC(O)CC1. The fourth-order valence-corrected chi connectivity index (χ4v) is 2.39. The van der Waals surface area contributed by atoms with E-state index in [4.69, 9.17) is 5.73 Å². The van der Waals surface area contributed by atoms with Crippen molar-refractivity contribution in [1.29, 1.82) is 0 Å². The molecule has 1 aliphatic carbocycles. The van der Waals surface area contributed by atoms with Crippen LogP contribution in [0.15, 0.2) is 0 Å². The van der Waals surface area contributed by atoms with Gasteiger partial charge in [0.15, 0.2) is 0 Å². The molecule has 6 heteroatoms. The molecule has 0 bridgehead atoms. The maximum Gasteiger partial charge on any atom is 0.312 e. The number of amides is 3. The lowest BCUT2D eigenvalue weighted by Gasteiger charge is -2.27. The Morgan fingerprint density at radius 2 is 1.84 bits per heavy atom. The summed E-state index contributed by atoms with van der Waals surface area (Å²) in [5.41, 5.74) is 5.07. The molecule has 3 amide bonds. The zero-order chi connectivity index (χ0) is 14.4. The van der Waals surface area contributed by atoms with Crippen molar-refractivity contribution in [1.82, 2.24) is 10.6 Å². The molecule has 0 spiro atoms. The fourth-order valence-electron chi connectivity index (χ4n) is 2.39. The third-order valence-electron chi connectivity index (χ3n) is 3.63. The van der Waals surface area contributed by atoms with Crippen molar-refractivity contribution in [3.8, 4) is 0 Å². The van der Waals surface area contributed by atoms with Gasteiger partial charge < -0.3 is 21.5 Å². The van der Waals surface area contributed by atoms with Crippen molar-refractivity contribution in [2.45, 2.75) is 51.7 Å². The number of nitrogens with one attached hydrogen (secondary N) is 2. The highest BCUT2D eigenvalue weighted by atomic mass is 16.3. The van der Waals surface area contributed by atoms with Gasteiger partial charge >= 0.3 is 6.03 Å². The third-order valence-corrected chi connectivity index (χ3v) is 3.63. The second-order valence-electron chi connectivity index (χ2n) is 5.65. The molecule has 1 unspecified atom stereocenters. The van der Waals surface area contributed by atoms with Crippen LogP contribution in [0, 0.1) is 11.8 Å². The lowest BCUT2D eigenvalue weighted by Crippen LogP contribution is -2.52. The van der Waals surface area contributed by atoms with Gasteiger partial charge in [0.1, 0.15) is 6.04 Å². The van der Waals surface area contributed by atoms with E-state index in [0.29, 0.717) is 12.5 Å². The highest BCUT2D eigenvalue weighted by molar-refractivity contribution is 5.86. The zero-order valence-electron chi connectivity index (χ0n) is 11.7. The monoisotopic (exact) mass is 271 g/mol. The summed E-state index contributed by atoms with van der Waals surface area (Å²) < 4.78 is 0. The highest BCUT2D eigenvalue weighted by Gasteiger charge is 2.25. The van der Waals surface area contributed by atoms with Gasteiger partial charge in [-0.05, 0) is 37.5 Å². The van der Waals surface area contributed by atoms with E-state index >= 15 is 0 Å². The fraction of sp³-hybridized carbons (Fsp3) is 0.846. The Balaban J connectivity index is 2.37. The van der Waals surface area contributed by atoms with Crippen molar-refractivity contribution >= 4 is 11.9 Å². The first-order valence-electron chi connectivity index (χ1n) is 6.92. The molecular formula is C13H25N3O3. The maximum atomic E-state index is 12.0. The second kappa shape index (κ2) is 7.33. The van der Waals surface area contributed by atoms with Crippen molar-refractivity contribution in [2.24, 2.45) is 17.6 Å². The number of hydrogen-bond acceptors (Lipinski definition) is 3. The van der Waals surface area contributed by atoms with Crippen LogP contribution in [0.25, 0.3) is 0 Å². The van der Waals surface area contributed by atoms with Crippen LogP contribution in [-0.2, 0) is 4.79 Å². The summed E-state index contributed by atoms with van der Waals surface area (Å²) >= 11 is 0. The molecule has 6 nitrogen and oxygen atoms in total. The van der Waals surface area contributed by atoms with Crippen LogP contribution in [0.1, 0.15) is 39.5 Å². The van der Waals surface area contributed by atoms with Gasteiger partial charge in [0.2, 0.25) is 5.91 Å². The van der Waals surface area contributed by atoms with Gasteiger partial charge in [0.05, 0.1) is 6.10 Å². The van der Waals surface area contributed by atoms with E-state index < -0.39 is 12.1 Å². The van der Waals surface area contributed by atoms with E-state index in [9.17, 15) is 14.7 Å². The van der Waals surface area contributed by atoms with Gasteiger partial charge in [-0.25, -0.2) is 4.79 Å². The number of carbonyl (C=O) groups excluding carboxylic acids is 2. The average molecular weight is 271 g/mol. The first-order chi connectivity index (χ1) is 8.90. The first-order valence-corrected chi connectivity index (χ1v) is 6.92. The molecule has 1 fully saturated rings. The number of nitrogens with two attached hydrogens (primary N) is 1. The molecule has 110 valence electrons. The molecule has 0 heterocycles. The van der Waals surface area contributed by atoms with Crippen LogP contribution >= 0.6 is 0 Å².